The predicted octanol–water partition coefficient (Wildman–Crippen LogP) is 4.24. The van der Waals surface area contributed by atoms with E-state index in [1.807, 2.05) is 30.3 Å². The lowest BCUT2D eigenvalue weighted by Gasteiger charge is -2.21. The van der Waals surface area contributed by atoms with Crippen LogP contribution >= 0.6 is 7.60 Å². The van der Waals surface area contributed by atoms with Crippen LogP contribution in [0.15, 0.2) is 90.0 Å². The monoisotopic (exact) mass is 518 g/mol. The molecule has 1 unspecified atom stereocenters. The van der Waals surface area contributed by atoms with Gasteiger partial charge in [0.05, 0.1) is 24.6 Å². The van der Waals surface area contributed by atoms with Crippen molar-refractivity contribution in [3.8, 4) is 11.5 Å². The van der Waals surface area contributed by atoms with Crippen LogP contribution in [0, 0.1) is 0 Å². The molecule has 2 aromatic carbocycles. The quantitative estimate of drug-likeness (QED) is 0.301. The summed E-state index contributed by atoms with van der Waals surface area (Å²) in [5, 5.41) is 3.35. The second-order valence-corrected chi connectivity index (χ2v) is 9.96. The molecule has 37 heavy (non-hydrogen) atoms. The smallest absolute Gasteiger partial charge is 0.341 e. The number of amides is 1. The Balaban J connectivity index is 1.64. The van der Waals surface area contributed by atoms with Gasteiger partial charge in [-0.2, -0.15) is 0 Å². The molecule has 0 bridgehead atoms. The molecule has 0 spiro atoms. The van der Waals surface area contributed by atoms with Gasteiger partial charge in [-0.1, -0.05) is 48.5 Å². The summed E-state index contributed by atoms with van der Waals surface area (Å²) in [5.41, 5.74) is 1.30. The lowest BCUT2D eigenvalue weighted by atomic mass is 9.98. The van der Waals surface area contributed by atoms with Crippen molar-refractivity contribution in [3.63, 3.8) is 0 Å². The van der Waals surface area contributed by atoms with Gasteiger partial charge in [0.15, 0.2) is 5.82 Å². The molecule has 10 heteroatoms. The number of rotatable bonds is 10. The molecule has 190 valence electrons. The summed E-state index contributed by atoms with van der Waals surface area (Å²) in [6.45, 7) is 3.98. The highest BCUT2D eigenvalue weighted by atomic mass is 31.2. The first-order valence-electron chi connectivity index (χ1n) is 11.8. The van der Waals surface area contributed by atoms with E-state index in [9.17, 15) is 14.2 Å². The second-order valence-electron chi connectivity index (χ2n) is 7.93. The van der Waals surface area contributed by atoms with Gasteiger partial charge in [0.25, 0.3) is 11.5 Å². The lowest BCUT2D eigenvalue weighted by Crippen LogP contribution is -2.33. The van der Waals surface area contributed by atoms with Crippen molar-refractivity contribution in [1.82, 2.24) is 20.3 Å². The highest BCUT2D eigenvalue weighted by Crippen LogP contribution is 2.46. The molecular formula is C27H27N4O5P. The Morgan fingerprint density at radius 3 is 2.16 bits per heavy atom. The van der Waals surface area contributed by atoms with E-state index < -0.39 is 25.1 Å². The van der Waals surface area contributed by atoms with Crippen molar-refractivity contribution in [3.05, 3.63) is 112 Å². The zero-order chi connectivity index (χ0) is 26.3. The Hall–Kier alpha value is -3.91. The normalized spacial score (nSPS) is 12.2. The minimum atomic E-state index is -3.45. The van der Waals surface area contributed by atoms with Gasteiger partial charge in [0, 0.05) is 12.4 Å². The number of hydrogen-bond acceptors (Lipinski definition) is 7. The van der Waals surface area contributed by atoms with E-state index in [0.717, 1.165) is 11.1 Å². The summed E-state index contributed by atoms with van der Waals surface area (Å²) in [5.74, 6) is -0.320. The van der Waals surface area contributed by atoms with Crippen molar-refractivity contribution in [1.29, 1.82) is 0 Å². The number of carbonyl (C=O) groups excluding carboxylic acids is 1. The standard InChI is InChI=1S/C27H27N4O5P/c1-3-35-37(34,36-4-2)21-15-13-20(14-16-21)24(19-10-6-5-7-11-19)30-26(32)22-18-29-25(31-27(22)33)23-12-8-9-17-28-23/h5-18,24H,3-4H2,1-2H3,(H,30,32)(H,29,31,33). The van der Waals surface area contributed by atoms with Crippen LogP contribution in [0.2, 0.25) is 0 Å². The van der Waals surface area contributed by atoms with Gasteiger partial charge in [0.1, 0.15) is 11.3 Å². The average Bonchev–Trinajstić information content (AvgIpc) is 2.93. The van der Waals surface area contributed by atoms with Crippen molar-refractivity contribution in [2.24, 2.45) is 0 Å². The molecule has 4 aromatic rings. The van der Waals surface area contributed by atoms with Crippen molar-refractivity contribution in [2.75, 3.05) is 13.2 Å². The third kappa shape index (κ3) is 6.09. The first kappa shape index (κ1) is 26.2. The van der Waals surface area contributed by atoms with E-state index >= 15 is 0 Å². The fourth-order valence-electron chi connectivity index (χ4n) is 3.78. The Kier molecular flexibility index (Phi) is 8.40. The van der Waals surface area contributed by atoms with Gasteiger partial charge in [-0.15, -0.1) is 0 Å². The van der Waals surface area contributed by atoms with Gasteiger partial charge in [0.2, 0.25) is 0 Å². The van der Waals surface area contributed by atoms with Crippen LogP contribution in [0.1, 0.15) is 41.4 Å². The Labute approximate surface area is 214 Å². The van der Waals surface area contributed by atoms with E-state index in [2.05, 4.69) is 20.3 Å². The summed E-state index contributed by atoms with van der Waals surface area (Å²) in [7, 11) is -3.45. The molecule has 2 aromatic heterocycles. The van der Waals surface area contributed by atoms with Gasteiger partial charge in [-0.05, 0) is 49.2 Å². The maximum atomic E-state index is 13.2. The first-order chi connectivity index (χ1) is 17.9. The fraction of sp³-hybridized carbons (Fsp3) is 0.185. The minimum absolute atomic E-state index is 0.130. The first-order valence-corrected chi connectivity index (χ1v) is 13.4. The highest BCUT2D eigenvalue weighted by Gasteiger charge is 2.27. The van der Waals surface area contributed by atoms with Gasteiger partial charge in [-0.25, -0.2) is 4.98 Å². The number of nitrogens with zero attached hydrogens (tertiary/aromatic N) is 2. The zero-order valence-electron chi connectivity index (χ0n) is 20.5. The van der Waals surface area contributed by atoms with Crippen LogP contribution in [0.4, 0.5) is 0 Å². The summed E-state index contributed by atoms with van der Waals surface area (Å²) in [4.78, 5) is 37.0. The van der Waals surface area contributed by atoms with Crippen LogP contribution in [0.25, 0.3) is 11.5 Å². The van der Waals surface area contributed by atoms with E-state index in [1.165, 1.54) is 6.20 Å². The fourth-order valence-corrected chi connectivity index (χ4v) is 5.35. The largest absolute Gasteiger partial charge is 0.361 e. The maximum absolute atomic E-state index is 13.2. The van der Waals surface area contributed by atoms with Crippen LogP contribution in [0.5, 0.6) is 0 Å². The SMILES string of the molecule is CCOP(=O)(OCC)c1ccc(C(NC(=O)c2cnc(-c3ccccn3)[nH]c2=O)c2ccccc2)cc1. The molecule has 1 atom stereocenters. The average molecular weight is 519 g/mol. The molecule has 9 nitrogen and oxygen atoms in total. The molecule has 0 aliphatic carbocycles. The molecule has 0 saturated carbocycles. The molecule has 0 fully saturated rings. The second kappa shape index (κ2) is 11.9. The maximum Gasteiger partial charge on any atom is 0.361 e. The number of aromatic amines is 1. The summed E-state index contributed by atoms with van der Waals surface area (Å²) in [6, 6.07) is 20.8. The van der Waals surface area contributed by atoms with E-state index in [1.54, 1.807) is 62.5 Å². The molecule has 0 aliphatic rings. The summed E-state index contributed by atoms with van der Waals surface area (Å²) < 4.78 is 24.0. The number of H-pyrrole nitrogens is 1. The number of aromatic nitrogens is 3. The number of nitrogens with one attached hydrogen (secondary N) is 2. The third-order valence-corrected chi connectivity index (χ3v) is 7.63. The Morgan fingerprint density at radius 1 is 0.919 bits per heavy atom. The van der Waals surface area contributed by atoms with Crippen molar-refractivity contribution in [2.45, 2.75) is 19.9 Å². The number of pyridine rings is 1. The van der Waals surface area contributed by atoms with E-state index in [-0.39, 0.29) is 24.6 Å². The Bertz CT molecular complexity index is 1430. The van der Waals surface area contributed by atoms with Crippen LogP contribution in [-0.4, -0.2) is 34.1 Å². The topological polar surface area (TPSA) is 123 Å². The van der Waals surface area contributed by atoms with Gasteiger partial charge < -0.3 is 19.3 Å². The molecule has 0 radical (unpaired) electrons. The molecule has 0 aliphatic heterocycles. The van der Waals surface area contributed by atoms with Crippen LogP contribution in [0.3, 0.4) is 0 Å². The van der Waals surface area contributed by atoms with Gasteiger partial charge in [-0.3, -0.25) is 19.1 Å². The molecule has 1 amide bonds. The van der Waals surface area contributed by atoms with Crippen molar-refractivity contribution >= 4 is 18.8 Å². The molecule has 2 heterocycles. The highest BCUT2D eigenvalue weighted by molar-refractivity contribution is 7.62. The Morgan fingerprint density at radius 2 is 1.57 bits per heavy atom. The summed E-state index contributed by atoms with van der Waals surface area (Å²) in [6.07, 6.45) is 2.83. The third-order valence-electron chi connectivity index (χ3n) is 5.50. The van der Waals surface area contributed by atoms with E-state index in [4.69, 9.17) is 9.05 Å². The van der Waals surface area contributed by atoms with E-state index in [0.29, 0.717) is 11.0 Å². The van der Waals surface area contributed by atoms with Crippen LogP contribution < -0.4 is 16.2 Å². The van der Waals surface area contributed by atoms with Crippen molar-refractivity contribution < 1.29 is 18.4 Å². The minimum Gasteiger partial charge on any atom is -0.341 e. The zero-order valence-corrected chi connectivity index (χ0v) is 21.4. The number of carbonyl (C=O) groups is 1. The molecule has 4 rings (SSSR count). The lowest BCUT2D eigenvalue weighted by molar-refractivity contribution is 0.0941. The van der Waals surface area contributed by atoms with Crippen LogP contribution in [-0.2, 0) is 13.6 Å². The number of benzene rings is 2. The molecule has 2 N–H and O–H groups in total. The molecular weight excluding hydrogens is 491 g/mol. The predicted molar refractivity (Wildman–Crippen MR) is 141 cm³/mol. The number of hydrogen-bond donors (Lipinski definition) is 2. The van der Waals surface area contributed by atoms with Gasteiger partial charge >= 0.3 is 7.60 Å². The molecule has 0 saturated heterocycles. The summed E-state index contributed by atoms with van der Waals surface area (Å²) >= 11 is 0.